The van der Waals surface area contributed by atoms with Gasteiger partial charge in [0, 0.05) is 16.5 Å². The Kier molecular flexibility index (Phi) is 3.45. The molecule has 110 valence electrons. The van der Waals surface area contributed by atoms with Gasteiger partial charge in [-0.3, -0.25) is 0 Å². The molecule has 1 atom stereocenters. The quantitative estimate of drug-likeness (QED) is 0.699. The Balaban J connectivity index is 2.03. The van der Waals surface area contributed by atoms with E-state index in [1.807, 2.05) is 24.3 Å². The first kappa shape index (κ1) is 14.4. The third kappa shape index (κ3) is 2.42. The molecule has 2 aromatic rings. The predicted octanol–water partition coefficient (Wildman–Crippen LogP) is 5.13. The van der Waals surface area contributed by atoms with Gasteiger partial charge in [0.2, 0.25) is 0 Å². The van der Waals surface area contributed by atoms with E-state index in [0.29, 0.717) is 17.7 Å². The fraction of sp³-hybridized carbons (Fsp3) is 0.333. The molecule has 0 spiro atoms. The van der Waals surface area contributed by atoms with Crippen LogP contribution >= 0.6 is 11.6 Å². The van der Waals surface area contributed by atoms with E-state index in [9.17, 15) is 4.39 Å². The van der Waals surface area contributed by atoms with Crippen LogP contribution in [0.3, 0.4) is 0 Å². The molecule has 0 bridgehead atoms. The summed E-state index contributed by atoms with van der Waals surface area (Å²) in [5.74, 6) is 0.672. The summed E-state index contributed by atoms with van der Waals surface area (Å²) in [5, 5.41) is -0.494. The molecule has 1 nitrogen and oxygen atoms in total. The van der Waals surface area contributed by atoms with E-state index in [2.05, 4.69) is 13.8 Å². The molecule has 3 rings (SSSR count). The van der Waals surface area contributed by atoms with Gasteiger partial charge in [0.1, 0.15) is 11.6 Å². The Bertz CT molecular complexity index is 694. The van der Waals surface area contributed by atoms with Gasteiger partial charge >= 0.3 is 0 Å². The second-order valence-corrected chi connectivity index (χ2v) is 6.71. The molecule has 1 aliphatic rings. The highest BCUT2D eigenvalue weighted by atomic mass is 35.5. The van der Waals surface area contributed by atoms with E-state index in [1.165, 1.54) is 0 Å². The topological polar surface area (TPSA) is 9.23 Å². The van der Waals surface area contributed by atoms with Crippen LogP contribution in [0.25, 0.3) is 0 Å². The average molecular weight is 305 g/mol. The molecule has 1 heterocycles. The highest BCUT2D eigenvalue weighted by Crippen LogP contribution is 2.41. The smallest absolute Gasteiger partial charge is 0.131 e. The summed E-state index contributed by atoms with van der Waals surface area (Å²) < 4.78 is 19.9. The second-order valence-electron chi connectivity index (χ2n) is 6.27. The van der Waals surface area contributed by atoms with Gasteiger partial charge in [-0.15, -0.1) is 11.6 Å². The zero-order chi connectivity index (χ0) is 15.2. The third-order valence-electron chi connectivity index (χ3n) is 4.11. The second kappa shape index (κ2) is 5.03. The van der Waals surface area contributed by atoms with Crippen LogP contribution in [0.4, 0.5) is 4.39 Å². The zero-order valence-electron chi connectivity index (χ0n) is 12.4. The number of aryl methyl sites for hydroxylation is 1. The van der Waals surface area contributed by atoms with E-state index in [-0.39, 0.29) is 11.2 Å². The van der Waals surface area contributed by atoms with Gasteiger partial charge in [0.25, 0.3) is 0 Å². The number of ether oxygens (including phenoxy) is 1. The molecule has 1 unspecified atom stereocenters. The summed E-state index contributed by atoms with van der Waals surface area (Å²) in [7, 11) is 0. The first-order valence-corrected chi connectivity index (χ1v) is 7.50. The first-order valence-electron chi connectivity index (χ1n) is 7.06. The van der Waals surface area contributed by atoms with Gasteiger partial charge in [0.05, 0.1) is 12.0 Å². The SMILES string of the molecule is Cc1cccc(C(Cl)c2ccc3c(c2)C(C)(C)CO3)c1F. The largest absolute Gasteiger partial charge is 0.492 e. The minimum absolute atomic E-state index is 0.0346. The van der Waals surface area contributed by atoms with Crippen molar-refractivity contribution in [3.63, 3.8) is 0 Å². The maximum atomic E-state index is 14.3. The Labute approximate surface area is 129 Å². The number of halogens is 2. The predicted molar refractivity (Wildman–Crippen MR) is 83.8 cm³/mol. The molecule has 1 aliphatic heterocycles. The number of rotatable bonds is 2. The number of alkyl halides is 1. The molecule has 0 amide bonds. The third-order valence-corrected chi connectivity index (χ3v) is 4.60. The number of fused-ring (bicyclic) bond motifs is 1. The van der Waals surface area contributed by atoms with Gasteiger partial charge in [-0.2, -0.15) is 0 Å². The van der Waals surface area contributed by atoms with Crippen LogP contribution in [0.2, 0.25) is 0 Å². The molecular formula is C18H18ClFO. The first-order chi connectivity index (χ1) is 9.90. The van der Waals surface area contributed by atoms with Crippen molar-refractivity contribution in [1.82, 2.24) is 0 Å². The van der Waals surface area contributed by atoms with Crippen LogP contribution in [0.15, 0.2) is 36.4 Å². The lowest BCUT2D eigenvalue weighted by molar-refractivity contribution is 0.291. The fourth-order valence-electron chi connectivity index (χ4n) is 2.74. The van der Waals surface area contributed by atoms with E-state index >= 15 is 0 Å². The lowest BCUT2D eigenvalue weighted by atomic mass is 9.85. The van der Waals surface area contributed by atoms with Crippen LogP contribution in [0, 0.1) is 12.7 Å². The number of hydrogen-bond donors (Lipinski definition) is 0. The molecule has 2 aromatic carbocycles. The maximum Gasteiger partial charge on any atom is 0.131 e. The monoisotopic (exact) mass is 304 g/mol. The standard InChI is InChI=1S/C18H18ClFO/c1-11-5-4-6-13(17(11)20)16(19)12-7-8-15-14(9-12)18(2,3)10-21-15/h4-9,16H,10H2,1-3H3. The Morgan fingerprint density at radius 3 is 2.76 bits per heavy atom. The van der Waals surface area contributed by atoms with Crippen molar-refractivity contribution in [3.05, 3.63) is 64.5 Å². The van der Waals surface area contributed by atoms with E-state index in [0.717, 1.165) is 16.9 Å². The van der Waals surface area contributed by atoms with E-state index < -0.39 is 5.38 Å². The van der Waals surface area contributed by atoms with Gasteiger partial charge in [-0.1, -0.05) is 38.1 Å². The Hall–Kier alpha value is -1.54. The number of hydrogen-bond acceptors (Lipinski definition) is 1. The molecule has 0 N–H and O–H groups in total. The van der Waals surface area contributed by atoms with Gasteiger partial charge < -0.3 is 4.74 Å². The lowest BCUT2D eigenvalue weighted by Gasteiger charge is -2.18. The van der Waals surface area contributed by atoms with Crippen molar-refractivity contribution in [2.75, 3.05) is 6.61 Å². The summed E-state index contributed by atoms with van der Waals surface area (Å²) >= 11 is 6.52. The number of benzene rings is 2. The van der Waals surface area contributed by atoms with E-state index in [1.54, 1.807) is 19.1 Å². The van der Waals surface area contributed by atoms with Crippen LogP contribution in [-0.4, -0.2) is 6.61 Å². The fourth-order valence-corrected chi connectivity index (χ4v) is 3.05. The Morgan fingerprint density at radius 2 is 2.00 bits per heavy atom. The summed E-state index contributed by atoms with van der Waals surface area (Å²) in [6.45, 7) is 6.69. The summed E-state index contributed by atoms with van der Waals surface area (Å²) in [6, 6.07) is 11.2. The highest BCUT2D eigenvalue weighted by Gasteiger charge is 2.32. The molecule has 0 aliphatic carbocycles. The van der Waals surface area contributed by atoms with Crippen molar-refractivity contribution >= 4 is 11.6 Å². The molecule has 21 heavy (non-hydrogen) atoms. The molecular weight excluding hydrogens is 287 g/mol. The normalized spacial score (nSPS) is 17.2. The lowest BCUT2D eigenvalue weighted by Crippen LogP contribution is -2.18. The molecule has 0 radical (unpaired) electrons. The van der Waals surface area contributed by atoms with Crippen molar-refractivity contribution in [1.29, 1.82) is 0 Å². The van der Waals surface area contributed by atoms with Crippen LogP contribution in [0.1, 0.15) is 41.5 Å². The van der Waals surface area contributed by atoms with E-state index in [4.69, 9.17) is 16.3 Å². The van der Waals surface area contributed by atoms with Crippen LogP contribution < -0.4 is 4.74 Å². The van der Waals surface area contributed by atoms with Crippen molar-refractivity contribution in [2.45, 2.75) is 31.6 Å². The summed E-state index contributed by atoms with van der Waals surface area (Å²) in [5.41, 5.74) is 3.14. The summed E-state index contributed by atoms with van der Waals surface area (Å²) in [4.78, 5) is 0. The van der Waals surface area contributed by atoms with Gasteiger partial charge in [0.15, 0.2) is 0 Å². The zero-order valence-corrected chi connectivity index (χ0v) is 13.2. The minimum atomic E-state index is -0.494. The van der Waals surface area contributed by atoms with Crippen molar-refractivity contribution in [3.8, 4) is 5.75 Å². The van der Waals surface area contributed by atoms with Crippen molar-refractivity contribution < 1.29 is 9.13 Å². The minimum Gasteiger partial charge on any atom is -0.492 e. The van der Waals surface area contributed by atoms with Crippen LogP contribution in [-0.2, 0) is 5.41 Å². The summed E-state index contributed by atoms with van der Waals surface area (Å²) in [6.07, 6.45) is 0. The molecule has 0 saturated carbocycles. The highest BCUT2D eigenvalue weighted by molar-refractivity contribution is 6.22. The molecule has 0 saturated heterocycles. The van der Waals surface area contributed by atoms with Gasteiger partial charge in [-0.25, -0.2) is 4.39 Å². The van der Waals surface area contributed by atoms with Crippen LogP contribution in [0.5, 0.6) is 5.75 Å². The Morgan fingerprint density at radius 1 is 1.24 bits per heavy atom. The maximum absolute atomic E-state index is 14.3. The molecule has 3 heteroatoms. The van der Waals surface area contributed by atoms with Crippen molar-refractivity contribution in [2.24, 2.45) is 0 Å². The molecule has 0 fully saturated rings. The molecule has 0 aromatic heterocycles. The average Bonchev–Trinajstić information content (AvgIpc) is 2.76. The van der Waals surface area contributed by atoms with Gasteiger partial charge in [-0.05, 0) is 30.2 Å².